The summed E-state index contributed by atoms with van der Waals surface area (Å²) in [6.07, 6.45) is 1.72. The van der Waals surface area contributed by atoms with Crippen LogP contribution in [0.3, 0.4) is 0 Å². The monoisotopic (exact) mass is 514 g/mol. The average Bonchev–Trinajstić information content (AvgIpc) is 3.43. The lowest BCUT2D eigenvalue weighted by Gasteiger charge is -2.25. The first-order valence-corrected chi connectivity index (χ1v) is 12.4. The summed E-state index contributed by atoms with van der Waals surface area (Å²) in [4.78, 5) is 30.0. The molecule has 0 aliphatic carbocycles. The van der Waals surface area contributed by atoms with Crippen molar-refractivity contribution in [3.05, 3.63) is 108 Å². The number of tetrazole rings is 1. The van der Waals surface area contributed by atoms with Gasteiger partial charge >= 0.3 is 0 Å². The average molecular weight is 515 g/mol. The molecule has 3 aromatic carbocycles. The van der Waals surface area contributed by atoms with Gasteiger partial charge in [0.2, 0.25) is 5.91 Å². The second kappa shape index (κ2) is 11.7. The zero-order valence-electron chi connectivity index (χ0n) is 20.7. The van der Waals surface area contributed by atoms with Gasteiger partial charge in [-0.2, -0.15) is 0 Å². The second-order valence-corrected chi connectivity index (χ2v) is 9.13. The highest BCUT2D eigenvalue weighted by Gasteiger charge is 2.31. The molecule has 1 unspecified atom stereocenters. The van der Waals surface area contributed by atoms with Crippen molar-refractivity contribution >= 4 is 11.8 Å². The van der Waals surface area contributed by atoms with Gasteiger partial charge in [0.15, 0.2) is 0 Å². The van der Waals surface area contributed by atoms with Gasteiger partial charge in [0, 0.05) is 25.2 Å². The first-order chi connectivity index (χ1) is 18.5. The number of carbonyl (C=O) groups excluding carboxylic acids is 2. The quantitative estimate of drug-likeness (QED) is 0.359. The molecule has 1 atom stereocenters. The Bertz CT molecular complexity index is 1370. The molecule has 38 heavy (non-hydrogen) atoms. The molecule has 1 aromatic heterocycles. The number of halogens is 1. The van der Waals surface area contributed by atoms with Gasteiger partial charge in [0.1, 0.15) is 18.7 Å². The highest BCUT2D eigenvalue weighted by atomic mass is 19.1. The van der Waals surface area contributed by atoms with Gasteiger partial charge in [-0.1, -0.05) is 42.5 Å². The normalized spacial score (nSPS) is 15.9. The van der Waals surface area contributed by atoms with Gasteiger partial charge in [0.25, 0.3) is 5.91 Å². The van der Waals surface area contributed by atoms with Crippen molar-refractivity contribution < 1.29 is 18.7 Å². The number of amides is 2. The van der Waals surface area contributed by atoms with Gasteiger partial charge in [-0.15, -0.1) is 5.10 Å². The Labute approximate surface area is 219 Å². The molecule has 0 saturated carbocycles. The Kier molecular flexibility index (Phi) is 7.79. The number of ether oxygens (including phenoxy) is 1. The largest absolute Gasteiger partial charge is 0.370 e. The van der Waals surface area contributed by atoms with E-state index in [1.807, 2.05) is 30.3 Å². The Hall–Kier alpha value is -4.44. The lowest BCUT2D eigenvalue weighted by Crippen LogP contribution is -2.40. The summed E-state index contributed by atoms with van der Waals surface area (Å²) >= 11 is 0. The zero-order chi connectivity index (χ0) is 26.3. The van der Waals surface area contributed by atoms with Gasteiger partial charge in [-0.3, -0.25) is 9.59 Å². The van der Waals surface area contributed by atoms with Crippen molar-refractivity contribution in [1.29, 1.82) is 0 Å². The molecular weight excluding hydrogens is 487 g/mol. The van der Waals surface area contributed by atoms with E-state index in [0.717, 1.165) is 5.56 Å². The van der Waals surface area contributed by atoms with Crippen LogP contribution in [-0.4, -0.2) is 74.1 Å². The molecule has 5 rings (SSSR count). The van der Waals surface area contributed by atoms with E-state index in [9.17, 15) is 14.0 Å². The van der Waals surface area contributed by atoms with Gasteiger partial charge in [-0.05, 0) is 64.4 Å². The lowest BCUT2D eigenvalue weighted by atomic mass is 10.1. The van der Waals surface area contributed by atoms with Crippen LogP contribution in [-0.2, 0) is 22.6 Å². The van der Waals surface area contributed by atoms with E-state index in [1.54, 1.807) is 41.3 Å². The number of rotatable bonds is 8. The van der Waals surface area contributed by atoms with Crippen LogP contribution < -0.4 is 0 Å². The Morgan fingerprint density at radius 3 is 2.50 bits per heavy atom. The number of hydrogen-bond acceptors (Lipinski definition) is 6. The van der Waals surface area contributed by atoms with E-state index in [-0.39, 0.29) is 37.3 Å². The Morgan fingerprint density at radius 2 is 1.76 bits per heavy atom. The van der Waals surface area contributed by atoms with Crippen LogP contribution >= 0.6 is 0 Å². The summed E-state index contributed by atoms with van der Waals surface area (Å²) < 4.78 is 21.3. The van der Waals surface area contributed by atoms with Crippen LogP contribution in [0.15, 0.2) is 85.2 Å². The third-order valence-electron chi connectivity index (χ3n) is 6.43. The molecule has 0 radical (unpaired) electrons. The van der Waals surface area contributed by atoms with E-state index in [2.05, 4.69) is 15.5 Å². The SMILES string of the molecule is O=C1CN(C(=O)c2ccc(-n3cnnn3)cc2)CC(OCc2cccc(F)c2)CN1CCc1ccccc1. The molecule has 0 N–H and O–H groups in total. The van der Waals surface area contributed by atoms with Crippen LogP contribution in [0.5, 0.6) is 0 Å². The van der Waals surface area contributed by atoms with E-state index >= 15 is 0 Å². The minimum atomic E-state index is -0.440. The maximum Gasteiger partial charge on any atom is 0.254 e. The van der Waals surface area contributed by atoms with Crippen LogP contribution in [0.2, 0.25) is 0 Å². The molecule has 10 heteroatoms. The van der Waals surface area contributed by atoms with E-state index in [0.29, 0.717) is 36.3 Å². The molecule has 1 fully saturated rings. The van der Waals surface area contributed by atoms with Gasteiger partial charge < -0.3 is 14.5 Å². The second-order valence-electron chi connectivity index (χ2n) is 9.13. The number of aromatic nitrogens is 4. The van der Waals surface area contributed by atoms with Crippen LogP contribution in [0.4, 0.5) is 4.39 Å². The van der Waals surface area contributed by atoms with Crippen molar-refractivity contribution in [2.45, 2.75) is 19.1 Å². The molecule has 0 bridgehead atoms. The summed E-state index contributed by atoms with van der Waals surface area (Å²) in [7, 11) is 0. The molecule has 4 aromatic rings. The van der Waals surface area contributed by atoms with Crippen molar-refractivity contribution in [2.75, 3.05) is 26.2 Å². The topological polar surface area (TPSA) is 93.5 Å². The lowest BCUT2D eigenvalue weighted by molar-refractivity contribution is -0.131. The molecule has 1 saturated heterocycles. The van der Waals surface area contributed by atoms with E-state index in [4.69, 9.17) is 4.74 Å². The fourth-order valence-corrected chi connectivity index (χ4v) is 4.42. The summed E-state index contributed by atoms with van der Waals surface area (Å²) in [6.45, 7) is 1.19. The maximum absolute atomic E-state index is 13.7. The van der Waals surface area contributed by atoms with Crippen molar-refractivity contribution in [3.63, 3.8) is 0 Å². The zero-order valence-corrected chi connectivity index (χ0v) is 20.7. The van der Waals surface area contributed by atoms with Crippen molar-refractivity contribution in [2.24, 2.45) is 0 Å². The Balaban J connectivity index is 1.32. The van der Waals surface area contributed by atoms with Crippen LogP contribution in [0, 0.1) is 5.82 Å². The number of nitrogens with zero attached hydrogens (tertiary/aromatic N) is 6. The number of carbonyl (C=O) groups is 2. The van der Waals surface area contributed by atoms with Crippen LogP contribution in [0.1, 0.15) is 21.5 Å². The Morgan fingerprint density at radius 1 is 0.974 bits per heavy atom. The maximum atomic E-state index is 13.7. The third kappa shape index (κ3) is 6.27. The molecule has 1 aliphatic heterocycles. The first-order valence-electron chi connectivity index (χ1n) is 12.4. The molecular formula is C28H27FN6O3. The van der Waals surface area contributed by atoms with Crippen LogP contribution in [0.25, 0.3) is 5.69 Å². The summed E-state index contributed by atoms with van der Waals surface area (Å²) in [5, 5.41) is 11.1. The van der Waals surface area contributed by atoms with Gasteiger partial charge in [0.05, 0.1) is 18.4 Å². The molecule has 2 heterocycles. The van der Waals surface area contributed by atoms with E-state index in [1.165, 1.54) is 28.0 Å². The smallest absolute Gasteiger partial charge is 0.254 e. The number of benzene rings is 3. The number of hydrogen-bond donors (Lipinski definition) is 0. The van der Waals surface area contributed by atoms with Gasteiger partial charge in [-0.25, -0.2) is 9.07 Å². The molecule has 194 valence electrons. The first kappa shape index (κ1) is 25.2. The summed E-state index contributed by atoms with van der Waals surface area (Å²) in [5.41, 5.74) is 2.96. The third-order valence-corrected chi connectivity index (χ3v) is 6.43. The minimum absolute atomic E-state index is 0.0534. The van der Waals surface area contributed by atoms with E-state index < -0.39 is 6.10 Å². The predicted octanol–water partition coefficient (Wildman–Crippen LogP) is 2.91. The predicted molar refractivity (Wildman–Crippen MR) is 137 cm³/mol. The molecule has 0 spiro atoms. The molecule has 1 aliphatic rings. The molecule has 9 nitrogen and oxygen atoms in total. The van der Waals surface area contributed by atoms with Crippen molar-refractivity contribution in [3.8, 4) is 5.69 Å². The summed E-state index contributed by atoms with van der Waals surface area (Å²) in [6, 6.07) is 23.0. The fraction of sp³-hybridized carbons (Fsp3) is 0.250. The molecule has 2 amide bonds. The minimum Gasteiger partial charge on any atom is -0.370 e. The highest BCUT2D eigenvalue weighted by molar-refractivity contribution is 5.97. The van der Waals surface area contributed by atoms with Crippen molar-refractivity contribution in [1.82, 2.24) is 30.0 Å². The highest BCUT2D eigenvalue weighted by Crippen LogP contribution is 2.17. The standard InChI is InChI=1S/C28H27FN6O3/c29-24-8-4-7-22(15-24)19-38-26-16-33(14-13-21-5-2-1-3-6-21)27(36)18-34(17-26)28(37)23-9-11-25(12-10-23)35-20-30-31-32-35/h1-12,15,20,26H,13-14,16-19H2. The fourth-order valence-electron chi connectivity index (χ4n) is 4.42. The summed E-state index contributed by atoms with van der Waals surface area (Å²) in [5.74, 6) is -0.754.